The highest BCUT2D eigenvalue weighted by Gasteiger charge is 2.05. The molecule has 0 atom stereocenters. The van der Waals surface area contributed by atoms with Gasteiger partial charge in [0, 0.05) is 11.5 Å². The zero-order valence-corrected chi connectivity index (χ0v) is 10.0. The third-order valence-corrected chi connectivity index (χ3v) is 3.05. The van der Waals surface area contributed by atoms with Crippen LogP contribution in [-0.4, -0.2) is 0 Å². The molecule has 1 heterocycles. The molecule has 0 unspecified atom stereocenters. The maximum absolute atomic E-state index is 11.2. The maximum Gasteiger partial charge on any atom is 0.336 e. The van der Waals surface area contributed by atoms with E-state index >= 15 is 0 Å². The highest BCUT2D eigenvalue weighted by molar-refractivity contribution is 5.84. The van der Waals surface area contributed by atoms with Crippen LogP contribution in [0.5, 0.6) is 0 Å². The summed E-state index contributed by atoms with van der Waals surface area (Å²) >= 11 is 0. The quantitative estimate of drug-likeness (QED) is 0.602. The van der Waals surface area contributed by atoms with Gasteiger partial charge in [0.2, 0.25) is 0 Å². The number of benzene rings is 2. The summed E-state index contributed by atoms with van der Waals surface area (Å²) in [5.74, 6) is 0. The summed E-state index contributed by atoms with van der Waals surface area (Å²) in [5.41, 5.74) is 3.71. The number of hydrogen-bond acceptors (Lipinski definition) is 2. The number of hydrogen-bond donors (Lipinski definition) is 0. The van der Waals surface area contributed by atoms with Crippen LogP contribution in [0.2, 0.25) is 0 Å². The normalized spacial score (nSPS) is 10.7. The first kappa shape index (κ1) is 10.8. The zero-order chi connectivity index (χ0) is 12.5. The minimum Gasteiger partial charge on any atom is -0.423 e. The van der Waals surface area contributed by atoms with E-state index in [0.717, 1.165) is 16.5 Å². The molecule has 1 aromatic heterocycles. The van der Waals surface area contributed by atoms with Gasteiger partial charge in [0.15, 0.2) is 0 Å². The van der Waals surface area contributed by atoms with Crippen molar-refractivity contribution in [2.24, 2.45) is 0 Å². The SMILES string of the molecule is Cc1cc2ccc(=O)oc2cc1-c1ccccc1. The highest BCUT2D eigenvalue weighted by atomic mass is 16.4. The number of aryl methyl sites for hydroxylation is 1. The third-order valence-electron chi connectivity index (χ3n) is 3.05. The summed E-state index contributed by atoms with van der Waals surface area (Å²) in [6, 6.07) is 17.3. The van der Waals surface area contributed by atoms with Gasteiger partial charge in [-0.15, -0.1) is 0 Å². The van der Waals surface area contributed by atoms with Gasteiger partial charge in [-0.2, -0.15) is 0 Å². The van der Waals surface area contributed by atoms with Crippen LogP contribution in [-0.2, 0) is 0 Å². The van der Waals surface area contributed by atoms with Gasteiger partial charge >= 0.3 is 5.63 Å². The molecule has 2 nitrogen and oxygen atoms in total. The zero-order valence-electron chi connectivity index (χ0n) is 10.0. The van der Waals surface area contributed by atoms with Crippen LogP contribution in [0.4, 0.5) is 0 Å². The summed E-state index contributed by atoms with van der Waals surface area (Å²) in [6.07, 6.45) is 0. The Balaban J connectivity index is 2.30. The first-order valence-corrected chi connectivity index (χ1v) is 5.84. The summed E-state index contributed by atoms with van der Waals surface area (Å²) in [6.45, 7) is 2.06. The van der Waals surface area contributed by atoms with E-state index in [9.17, 15) is 4.79 Å². The van der Waals surface area contributed by atoms with Gasteiger partial charge in [0.25, 0.3) is 0 Å². The molecule has 0 saturated heterocycles. The molecule has 0 fully saturated rings. The second kappa shape index (κ2) is 4.15. The molecule has 18 heavy (non-hydrogen) atoms. The first-order valence-electron chi connectivity index (χ1n) is 5.84. The minimum absolute atomic E-state index is 0.314. The fraction of sp³-hybridized carbons (Fsp3) is 0.0625. The molecular weight excluding hydrogens is 224 g/mol. The van der Waals surface area contributed by atoms with E-state index < -0.39 is 0 Å². The number of rotatable bonds is 1. The van der Waals surface area contributed by atoms with Gasteiger partial charge < -0.3 is 4.42 Å². The lowest BCUT2D eigenvalue weighted by Crippen LogP contribution is -1.95. The Morgan fingerprint density at radius 3 is 2.50 bits per heavy atom. The van der Waals surface area contributed by atoms with Gasteiger partial charge in [-0.25, -0.2) is 4.79 Å². The van der Waals surface area contributed by atoms with Crippen LogP contribution in [0, 0.1) is 6.92 Å². The smallest absolute Gasteiger partial charge is 0.336 e. The molecule has 88 valence electrons. The monoisotopic (exact) mass is 236 g/mol. The molecule has 0 saturated carbocycles. The molecule has 2 heteroatoms. The molecule has 3 aromatic rings. The Hall–Kier alpha value is -2.35. The minimum atomic E-state index is -0.314. The average molecular weight is 236 g/mol. The van der Waals surface area contributed by atoms with E-state index in [0.29, 0.717) is 5.58 Å². The topological polar surface area (TPSA) is 30.2 Å². The van der Waals surface area contributed by atoms with Crippen molar-refractivity contribution >= 4 is 11.0 Å². The van der Waals surface area contributed by atoms with E-state index in [1.54, 1.807) is 6.07 Å². The van der Waals surface area contributed by atoms with E-state index in [4.69, 9.17) is 4.42 Å². The summed E-state index contributed by atoms with van der Waals surface area (Å²) < 4.78 is 5.22. The van der Waals surface area contributed by atoms with Gasteiger partial charge in [-0.3, -0.25) is 0 Å². The average Bonchev–Trinajstić information content (AvgIpc) is 2.39. The van der Waals surface area contributed by atoms with Crippen LogP contribution in [0.25, 0.3) is 22.1 Å². The maximum atomic E-state index is 11.2. The number of fused-ring (bicyclic) bond motifs is 1. The Morgan fingerprint density at radius 1 is 0.944 bits per heavy atom. The van der Waals surface area contributed by atoms with Crippen molar-refractivity contribution in [2.75, 3.05) is 0 Å². The molecule has 0 aliphatic heterocycles. The molecule has 0 radical (unpaired) electrons. The summed E-state index contributed by atoms with van der Waals surface area (Å²) in [4.78, 5) is 11.2. The summed E-state index contributed by atoms with van der Waals surface area (Å²) in [5, 5.41) is 0.951. The predicted octanol–water partition coefficient (Wildman–Crippen LogP) is 3.77. The van der Waals surface area contributed by atoms with E-state index in [2.05, 4.69) is 19.1 Å². The second-order valence-electron chi connectivity index (χ2n) is 4.33. The van der Waals surface area contributed by atoms with Crippen molar-refractivity contribution in [3.05, 3.63) is 70.6 Å². The van der Waals surface area contributed by atoms with E-state index in [1.165, 1.54) is 11.6 Å². The Kier molecular flexibility index (Phi) is 2.49. The third kappa shape index (κ3) is 1.82. The van der Waals surface area contributed by atoms with Gasteiger partial charge in [0.1, 0.15) is 5.58 Å². The first-order chi connectivity index (χ1) is 8.74. The molecule has 2 aromatic carbocycles. The standard InChI is InChI=1S/C16H12O2/c1-11-9-13-7-8-16(17)18-15(13)10-14(11)12-5-3-2-4-6-12/h2-10H,1H3. The molecular formula is C16H12O2. The molecule has 0 aliphatic rings. The largest absolute Gasteiger partial charge is 0.423 e. The van der Waals surface area contributed by atoms with Crippen molar-refractivity contribution in [1.29, 1.82) is 0 Å². The Labute approximate surface area is 105 Å². The van der Waals surface area contributed by atoms with Crippen molar-refractivity contribution in [1.82, 2.24) is 0 Å². The molecule has 0 N–H and O–H groups in total. The predicted molar refractivity (Wildman–Crippen MR) is 72.7 cm³/mol. The van der Waals surface area contributed by atoms with Crippen molar-refractivity contribution in [2.45, 2.75) is 6.92 Å². The molecule has 0 bridgehead atoms. The van der Waals surface area contributed by atoms with Crippen LogP contribution < -0.4 is 5.63 Å². The van der Waals surface area contributed by atoms with Gasteiger partial charge in [-0.05, 0) is 41.8 Å². The van der Waals surface area contributed by atoms with E-state index in [-0.39, 0.29) is 5.63 Å². The fourth-order valence-corrected chi connectivity index (χ4v) is 2.16. The van der Waals surface area contributed by atoms with Crippen molar-refractivity contribution < 1.29 is 4.42 Å². The van der Waals surface area contributed by atoms with Crippen molar-refractivity contribution in [3.8, 4) is 11.1 Å². The lowest BCUT2D eigenvalue weighted by atomic mass is 9.99. The van der Waals surface area contributed by atoms with Crippen molar-refractivity contribution in [3.63, 3.8) is 0 Å². The lowest BCUT2D eigenvalue weighted by molar-refractivity contribution is 0.561. The van der Waals surface area contributed by atoms with Gasteiger partial charge in [-0.1, -0.05) is 30.3 Å². The highest BCUT2D eigenvalue weighted by Crippen LogP contribution is 2.27. The van der Waals surface area contributed by atoms with Crippen LogP contribution in [0.3, 0.4) is 0 Å². The van der Waals surface area contributed by atoms with Crippen LogP contribution in [0.15, 0.2) is 63.8 Å². The second-order valence-corrected chi connectivity index (χ2v) is 4.33. The Morgan fingerprint density at radius 2 is 1.72 bits per heavy atom. The van der Waals surface area contributed by atoms with E-state index in [1.807, 2.05) is 30.3 Å². The van der Waals surface area contributed by atoms with Crippen LogP contribution >= 0.6 is 0 Å². The van der Waals surface area contributed by atoms with Crippen LogP contribution in [0.1, 0.15) is 5.56 Å². The Bertz CT molecular complexity index is 755. The summed E-state index contributed by atoms with van der Waals surface area (Å²) in [7, 11) is 0. The fourth-order valence-electron chi connectivity index (χ4n) is 2.16. The molecule has 0 aliphatic carbocycles. The molecule has 0 spiro atoms. The van der Waals surface area contributed by atoms with Gasteiger partial charge in [0.05, 0.1) is 0 Å². The lowest BCUT2D eigenvalue weighted by Gasteiger charge is -2.07. The molecule has 0 amide bonds. The molecule has 3 rings (SSSR count).